The van der Waals surface area contributed by atoms with Crippen molar-refractivity contribution in [1.29, 1.82) is 0 Å². The Morgan fingerprint density at radius 2 is 1.63 bits per heavy atom. The van der Waals surface area contributed by atoms with Crippen molar-refractivity contribution >= 4 is 17.1 Å². The third-order valence-corrected chi connectivity index (χ3v) is 6.69. The topological polar surface area (TPSA) is 77.2 Å². The van der Waals surface area contributed by atoms with Crippen LogP contribution in [0.3, 0.4) is 0 Å². The van der Waals surface area contributed by atoms with Crippen molar-refractivity contribution in [2.24, 2.45) is 0 Å². The zero-order valence-electron chi connectivity index (χ0n) is 21.9. The van der Waals surface area contributed by atoms with E-state index in [0.717, 1.165) is 51.4 Å². The fraction of sp³-hybridized carbons (Fsp3) is 0.219. The number of carboxylic acid groups (broad SMARTS) is 1. The Bertz CT molecular complexity index is 1580. The normalized spacial score (nSPS) is 12.0. The van der Waals surface area contributed by atoms with E-state index in [2.05, 4.69) is 42.7 Å². The Morgan fingerprint density at radius 3 is 2.32 bits per heavy atom. The molecule has 0 aliphatic heterocycles. The first-order valence-electron chi connectivity index (χ1n) is 12.9. The SMILES string of the molecule is CCc1nc2c(C)cc(C)nc2n1Cc1ccc(OC(C(=O)O)c2ccccc2)c(Cc2ccccc2)c1. The fourth-order valence-corrected chi connectivity index (χ4v) is 4.88. The number of carboxylic acids is 1. The third-order valence-electron chi connectivity index (χ3n) is 6.69. The van der Waals surface area contributed by atoms with Gasteiger partial charge in [0.2, 0.25) is 6.10 Å². The summed E-state index contributed by atoms with van der Waals surface area (Å²) in [5.41, 5.74) is 7.63. The monoisotopic (exact) mass is 505 g/mol. The highest BCUT2D eigenvalue weighted by Gasteiger charge is 2.23. The van der Waals surface area contributed by atoms with Gasteiger partial charge >= 0.3 is 5.97 Å². The van der Waals surface area contributed by atoms with Crippen LogP contribution in [0.4, 0.5) is 0 Å². The molecule has 1 atom stereocenters. The number of fused-ring (bicyclic) bond motifs is 1. The minimum Gasteiger partial charge on any atom is -0.478 e. The second-order valence-electron chi connectivity index (χ2n) is 9.57. The first kappa shape index (κ1) is 25.2. The molecular formula is C32H31N3O3. The Hall–Kier alpha value is -4.45. The number of hydrogen-bond acceptors (Lipinski definition) is 4. The van der Waals surface area contributed by atoms with E-state index < -0.39 is 12.1 Å². The summed E-state index contributed by atoms with van der Waals surface area (Å²) in [6.45, 7) is 6.79. The molecule has 0 fully saturated rings. The number of rotatable bonds is 9. The van der Waals surface area contributed by atoms with Gasteiger partial charge in [0.25, 0.3) is 0 Å². The summed E-state index contributed by atoms with van der Waals surface area (Å²) in [5.74, 6) is 0.520. The van der Waals surface area contributed by atoms with E-state index in [4.69, 9.17) is 14.7 Å². The molecule has 1 unspecified atom stereocenters. The van der Waals surface area contributed by atoms with Gasteiger partial charge < -0.3 is 14.4 Å². The van der Waals surface area contributed by atoms with Crippen molar-refractivity contribution in [2.45, 2.75) is 46.3 Å². The predicted molar refractivity (Wildman–Crippen MR) is 149 cm³/mol. The van der Waals surface area contributed by atoms with E-state index in [0.29, 0.717) is 24.3 Å². The maximum atomic E-state index is 12.2. The van der Waals surface area contributed by atoms with Crippen molar-refractivity contribution in [3.63, 3.8) is 0 Å². The first-order valence-corrected chi connectivity index (χ1v) is 12.9. The second-order valence-corrected chi connectivity index (χ2v) is 9.57. The van der Waals surface area contributed by atoms with Gasteiger partial charge in [0.15, 0.2) is 5.65 Å². The van der Waals surface area contributed by atoms with E-state index in [1.807, 2.05) is 55.5 Å². The Labute approximate surface area is 222 Å². The molecule has 0 spiro atoms. The summed E-state index contributed by atoms with van der Waals surface area (Å²) in [7, 11) is 0. The van der Waals surface area contributed by atoms with Crippen LogP contribution in [0.25, 0.3) is 11.2 Å². The third kappa shape index (κ3) is 5.30. The lowest BCUT2D eigenvalue weighted by molar-refractivity contribution is -0.145. The number of pyridine rings is 1. The lowest BCUT2D eigenvalue weighted by Crippen LogP contribution is -2.19. The molecule has 1 N–H and O–H groups in total. The lowest BCUT2D eigenvalue weighted by atomic mass is 10.0. The molecule has 0 radical (unpaired) electrons. The molecule has 2 aromatic heterocycles. The van der Waals surface area contributed by atoms with Gasteiger partial charge in [-0.15, -0.1) is 0 Å². The minimum absolute atomic E-state index is 0.560. The van der Waals surface area contributed by atoms with Crippen LogP contribution in [-0.2, 0) is 24.2 Å². The summed E-state index contributed by atoms with van der Waals surface area (Å²) < 4.78 is 8.35. The lowest BCUT2D eigenvalue weighted by Gasteiger charge is -2.19. The Morgan fingerprint density at radius 1 is 0.921 bits per heavy atom. The fourth-order valence-electron chi connectivity index (χ4n) is 4.88. The maximum absolute atomic E-state index is 12.2. The molecule has 38 heavy (non-hydrogen) atoms. The smallest absolute Gasteiger partial charge is 0.349 e. The number of imidazole rings is 1. The number of benzene rings is 3. The van der Waals surface area contributed by atoms with Crippen LogP contribution in [0.1, 0.15) is 52.4 Å². The highest BCUT2D eigenvalue weighted by atomic mass is 16.5. The molecule has 6 heteroatoms. The molecule has 0 saturated heterocycles. The number of aliphatic carboxylic acids is 1. The average Bonchev–Trinajstić information content (AvgIpc) is 3.26. The van der Waals surface area contributed by atoms with Crippen molar-refractivity contribution in [3.8, 4) is 5.75 Å². The number of hydrogen-bond donors (Lipinski definition) is 1. The maximum Gasteiger partial charge on any atom is 0.349 e. The molecule has 5 aromatic rings. The molecule has 0 aliphatic rings. The van der Waals surface area contributed by atoms with Crippen LogP contribution in [0, 0.1) is 13.8 Å². The van der Waals surface area contributed by atoms with Gasteiger partial charge in [-0.2, -0.15) is 0 Å². The molecule has 0 aliphatic carbocycles. The number of carbonyl (C=O) groups is 1. The molecule has 2 heterocycles. The van der Waals surface area contributed by atoms with E-state index in [-0.39, 0.29) is 0 Å². The minimum atomic E-state index is -1.10. The summed E-state index contributed by atoms with van der Waals surface area (Å²) in [4.78, 5) is 21.9. The highest BCUT2D eigenvalue weighted by Crippen LogP contribution is 2.30. The zero-order chi connectivity index (χ0) is 26.6. The van der Waals surface area contributed by atoms with Crippen LogP contribution >= 0.6 is 0 Å². The van der Waals surface area contributed by atoms with Crippen molar-refractivity contribution in [1.82, 2.24) is 14.5 Å². The highest BCUT2D eigenvalue weighted by molar-refractivity contribution is 5.76. The van der Waals surface area contributed by atoms with E-state index in [1.165, 1.54) is 0 Å². The number of aromatic nitrogens is 3. The number of nitrogens with zero attached hydrogens (tertiary/aromatic N) is 3. The van der Waals surface area contributed by atoms with Crippen LogP contribution in [-0.4, -0.2) is 25.6 Å². The van der Waals surface area contributed by atoms with Crippen LogP contribution in [0.2, 0.25) is 0 Å². The Balaban J connectivity index is 1.55. The summed E-state index contributed by atoms with van der Waals surface area (Å²) >= 11 is 0. The van der Waals surface area contributed by atoms with Crippen LogP contribution in [0.5, 0.6) is 5.75 Å². The summed E-state index contributed by atoms with van der Waals surface area (Å²) in [6.07, 6.45) is 0.313. The largest absolute Gasteiger partial charge is 0.478 e. The molecule has 0 amide bonds. The van der Waals surface area contributed by atoms with Crippen LogP contribution in [0.15, 0.2) is 84.9 Å². The predicted octanol–water partition coefficient (Wildman–Crippen LogP) is 6.45. The molecule has 5 rings (SSSR count). The summed E-state index contributed by atoms with van der Waals surface area (Å²) in [6, 6.07) is 27.2. The van der Waals surface area contributed by atoms with E-state index >= 15 is 0 Å². The van der Waals surface area contributed by atoms with Gasteiger partial charge in [-0.25, -0.2) is 14.8 Å². The van der Waals surface area contributed by atoms with Gasteiger partial charge in [-0.05, 0) is 54.3 Å². The van der Waals surface area contributed by atoms with Gasteiger partial charge in [0.1, 0.15) is 17.1 Å². The molecule has 6 nitrogen and oxygen atoms in total. The average molecular weight is 506 g/mol. The number of aryl methyl sites for hydroxylation is 3. The van der Waals surface area contributed by atoms with Gasteiger partial charge in [0, 0.05) is 24.1 Å². The standard InChI is InChI=1S/C32H31N3O3/c1-4-28-34-29-21(2)17-22(3)33-31(29)35(28)20-24-15-16-27(26(19-24)18-23-11-7-5-8-12-23)38-30(32(36)37)25-13-9-6-10-14-25/h5-17,19,30H,4,18,20H2,1-3H3,(H,36,37). The van der Waals surface area contributed by atoms with Crippen molar-refractivity contribution in [3.05, 3.63) is 124 Å². The zero-order valence-corrected chi connectivity index (χ0v) is 21.9. The summed E-state index contributed by atoms with van der Waals surface area (Å²) in [5, 5.41) is 9.96. The van der Waals surface area contributed by atoms with Gasteiger partial charge in [-0.1, -0.05) is 73.7 Å². The molecule has 192 valence electrons. The quantitative estimate of drug-likeness (QED) is 0.249. The molecule has 3 aromatic carbocycles. The van der Waals surface area contributed by atoms with Gasteiger partial charge in [0.05, 0.1) is 6.54 Å². The first-order chi connectivity index (χ1) is 18.4. The number of ether oxygens (including phenoxy) is 1. The van der Waals surface area contributed by atoms with Gasteiger partial charge in [-0.3, -0.25) is 0 Å². The van der Waals surface area contributed by atoms with Crippen molar-refractivity contribution < 1.29 is 14.6 Å². The second kappa shape index (κ2) is 10.9. The molecular weight excluding hydrogens is 474 g/mol. The molecule has 0 saturated carbocycles. The van der Waals surface area contributed by atoms with E-state index in [9.17, 15) is 9.90 Å². The molecule has 0 bridgehead atoms. The Kier molecular flexibility index (Phi) is 7.22. The van der Waals surface area contributed by atoms with Crippen LogP contribution < -0.4 is 4.74 Å². The van der Waals surface area contributed by atoms with Crippen molar-refractivity contribution in [2.75, 3.05) is 0 Å². The van der Waals surface area contributed by atoms with E-state index in [1.54, 1.807) is 12.1 Å².